The first-order valence-corrected chi connectivity index (χ1v) is 4.22. The number of carbonyl (C=O) groups is 1. The van der Waals surface area contributed by atoms with Crippen LogP contribution in [0.1, 0.15) is 10.4 Å². The Balaban J connectivity index is 3.41. The van der Waals surface area contributed by atoms with Crippen LogP contribution in [-0.2, 0) is 0 Å². The van der Waals surface area contributed by atoms with Crippen LogP contribution in [0.25, 0.3) is 0 Å². The molecule has 0 radical (unpaired) electrons. The molecule has 1 rings (SSSR count). The molecular weight excluding hydrogens is 238 g/mol. The number of hydrogen-bond acceptors (Lipinski definition) is 3. The number of rotatable bonds is 2. The van der Waals surface area contributed by atoms with Gasteiger partial charge in [0.05, 0.1) is 12.8 Å². The lowest BCUT2D eigenvalue weighted by atomic mass is 10.1. The lowest BCUT2D eigenvalue weighted by molar-refractivity contribution is 0.0694. The van der Waals surface area contributed by atoms with Gasteiger partial charge in [-0.3, -0.25) is 0 Å². The third kappa shape index (κ3) is 1.75. The van der Waals surface area contributed by atoms with Crippen molar-refractivity contribution in [3.8, 4) is 5.75 Å². The number of anilines is 1. The molecule has 1 aromatic rings. The van der Waals surface area contributed by atoms with Crippen molar-refractivity contribution < 1.29 is 14.6 Å². The second kappa shape index (κ2) is 3.66. The molecule has 0 heterocycles. The highest BCUT2D eigenvalue weighted by Gasteiger charge is 2.16. The van der Waals surface area contributed by atoms with Crippen LogP contribution in [0.5, 0.6) is 5.75 Å². The number of halogens is 1. The van der Waals surface area contributed by atoms with Gasteiger partial charge < -0.3 is 15.6 Å². The van der Waals surface area contributed by atoms with E-state index in [1.807, 2.05) is 0 Å². The minimum Gasteiger partial charge on any atom is -0.496 e. The fraction of sp³-hybridized carbons (Fsp3) is 0.125. The van der Waals surface area contributed by atoms with Gasteiger partial charge in [-0.15, -0.1) is 0 Å². The van der Waals surface area contributed by atoms with Crippen molar-refractivity contribution in [1.29, 1.82) is 0 Å². The van der Waals surface area contributed by atoms with Crippen LogP contribution < -0.4 is 10.5 Å². The minimum atomic E-state index is -1.10. The second-order valence-corrected chi connectivity index (χ2v) is 3.20. The molecule has 0 unspecified atom stereocenters. The molecule has 0 saturated carbocycles. The van der Waals surface area contributed by atoms with Gasteiger partial charge in [0.2, 0.25) is 0 Å². The maximum Gasteiger partial charge on any atom is 0.341 e. The molecule has 4 nitrogen and oxygen atoms in total. The van der Waals surface area contributed by atoms with Crippen molar-refractivity contribution in [3.63, 3.8) is 0 Å². The highest BCUT2D eigenvalue weighted by Crippen LogP contribution is 2.30. The van der Waals surface area contributed by atoms with E-state index in [0.29, 0.717) is 4.47 Å². The normalized spacial score (nSPS) is 9.69. The molecule has 0 aliphatic rings. The Morgan fingerprint density at radius 2 is 2.23 bits per heavy atom. The molecule has 1 aromatic carbocycles. The SMILES string of the molecule is COc1ccc(Br)c(N)c1C(=O)O. The summed E-state index contributed by atoms with van der Waals surface area (Å²) in [6.07, 6.45) is 0. The monoisotopic (exact) mass is 245 g/mol. The van der Waals surface area contributed by atoms with E-state index in [1.54, 1.807) is 12.1 Å². The second-order valence-electron chi connectivity index (χ2n) is 2.34. The van der Waals surface area contributed by atoms with Crippen molar-refractivity contribution >= 4 is 27.6 Å². The summed E-state index contributed by atoms with van der Waals surface area (Å²) in [4.78, 5) is 10.8. The Kier molecular flexibility index (Phi) is 2.77. The molecule has 0 atom stereocenters. The number of carboxylic acids is 1. The molecule has 0 spiro atoms. The smallest absolute Gasteiger partial charge is 0.341 e. The van der Waals surface area contributed by atoms with Gasteiger partial charge in [0.1, 0.15) is 11.3 Å². The zero-order valence-corrected chi connectivity index (χ0v) is 8.46. The van der Waals surface area contributed by atoms with Crippen molar-refractivity contribution in [3.05, 3.63) is 22.2 Å². The van der Waals surface area contributed by atoms with Crippen LogP contribution in [0.15, 0.2) is 16.6 Å². The van der Waals surface area contributed by atoms with Gasteiger partial charge in [-0.2, -0.15) is 0 Å². The maximum absolute atomic E-state index is 10.8. The molecule has 13 heavy (non-hydrogen) atoms. The van der Waals surface area contributed by atoms with Crippen LogP contribution in [0, 0.1) is 0 Å². The van der Waals surface area contributed by atoms with Crippen LogP contribution in [0.2, 0.25) is 0 Å². The summed E-state index contributed by atoms with van der Waals surface area (Å²) >= 11 is 3.13. The van der Waals surface area contributed by atoms with E-state index in [2.05, 4.69) is 15.9 Å². The summed E-state index contributed by atoms with van der Waals surface area (Å²) in [6.45, 7) is 0. The van der Waals surface area contributed by atoms with Crippen molar-refractivity contribution in [2.75, 3.05) is 12.8 Å². The molecule has 70 valence electrons. The maximum atomic E-state index is 10.8. The van der Waals surface area contributed by atoms with Gasteiger partial charge in [0.25, 0.3) is 0 Å². The number of nitrogen functional groups attached to an aromatic ring is 1. The van der Waals surface area contributed by atoms with Gasteiger partial charge in [-0.25, -0.2) is 4.79 Å². The molecule has 0 aliphatic carbocycles. The third-order valence-corrected chi connectivity index (χ3v) is 2.28. The summed E-state index contributed by atoms with van der Waals surface area (Å²) in [5, 5.41) is 8.82. The van der Waals surface area contributed by atoms with E-state index in [4.69, 9.17) is 15.6 Å². The molecule has 0 bridgehead atoms. The zero-order valence-electron chi connectivity index (χ0n) is 6.87. The zero-order chi connectivity index (χ0) is 10.0. The molecule has 0 fully saturated rings. The van der Waals surface area contributed by atoms with Gasteiger partial charge in [0, 0.05) is 4.47 Å². The fourth-order valence-corrected chi connectivity index (χ4v) is 1.30. The van der Waals surface area contributed by atoms with E-state index in [1.165, 1.54) is 7.11 Å². The average molecular weight is 246 g/mol. The predicted octanol–water partition coefficient (Wildman–Crippen LogP) is 1.74. The van der Waals surface area contributed by atoms with E-state index in [-0.39, 0.29) is 17.0 Å². The largest absolute Gasteiger partial charge is 0.496 e. The summed E-state index contributed by atoms with van der Waals surface area (Å²) in [7, 11) is 1.40. The standard InChI is InChI=1S/C8H8BrNO3/c1-13-5-3-2-4(9)7(10)6(5)8(11)12/h2-3H,10H2,1H3,(H,11,12). The summed E-state index contributed by atoms with van der Waals surface area (Å²) in [6, 6.07) is 3.19. The van der Waals surface area contributed by atoms with Crippen LogP contribution in [0.3, 0.4) is 0 Å². The molecule has 0 aliphatic heterocycles. The Morgan fingerprint density at radius 1 is 1.62 bits per heavy atom. The Hall–Kier alpha value is -1.23. The van der Waals surface area contributed by atoms with Crippen molar-refractivity contribution in [2.24, 2.45) is 0 Å². The molecule has 3 N–H and O–H groups in total. The number of ether oxygens (including phenoxy) is 1. The first kappa shape index (κ1) is 9.85. The van der Waals surface area contributed by atoms with Crippen molar-refractivity contribution in [1.82, 2.24) is 0 Å². The number of hydrogen-bond donors (Lipinski definition) is 2. The van der Waals surface area contributed by atoms with E-state index in [9.17, 15) is 4.79 Å². The number of carboxylic acid groups (broad SMARTS) is 1. The van der Waals surface area contributed by atoms with E-state index >= 15 is 0 Å². The summed E-state index contributed by atoms with van der Waals surface area (Å²) in [5.41, 5.74) is 5.71. The summed E-state index contributed by atoms with van der Waals surface area (Å²) in [5.74, 6) is -0.844. The molecule has 0 saturated heterocycles. The third-order valence-electron chi connectivity index (χ3n) is 1.59. The highest BCUT2D eigenvalue weighted by molar-refractivity contribution is 9.10. The predicted molar refractivity (Wildman–Crippen MR) is 52.1 cm³/mol. The molecular formula is C8H8BrNO3. The van der Waals surface area contributed by atoms with Crippen molar-refractivity contribution in [2.45, 2.75) is 0 Å². The Bertz CT molecular complexity index is 351. The fourth-order valence-electron chi connectivity index (χ4n) is 0.965. The highest BCUT2D eigenvalue weighted by atomic mass is 79.9. The first-order valence-electron chi connectivity index (χ1n) is 3.43. The number of benzene rings is 1. The number of methoxy groups -OCH3 is 1. The topological polar surface area (TPSA) is 72.5 Å². The minimum absolute atomic E-state index is 0.0168. The van der Waals surface area contributed by atoms with Crippen LogP contribution in [-0.4, -0.2) is 18.2 Å². The summed E-state index contributed by atoms with van der Waals surface area (Å²) < 4.78 is 5.41. The van der Waals surface area contributed by atoms with Crippen LogP contribution in [0.4, 0.5) is 5.69 Å². The van der Waals surface area contributed by atoms with E-state index < -0.39 is 5.97 Å². The first-order chi connectivity index (χ1) is 6.07. The Morgan fingerprint density at radius 3 is 2.69 bits per heavy atom. The molecule has 0 amide bonds. The average Bonchev–Trinajstić information content (AvgIpc) is 2.08. The van der Waals surface area contributed by atoms with Gasteiger partial charge in [-0.1, -0.05) is 0 Å². The molecule has 0 aromatic heterocycles. The lowest BCUT2D eigenvalue weighted by Gasteiger charge is -2.08. The van der Waals surface area contributed by atoms with Gasteiger partial charge in [0.15, 0.2) is 0 Å². The lowest BCUT2D eigenvalue weighted by Crippen LogP contribution is -2.05. The number of nitrogens with two attached hydrogens (primary N) is 1. The van der Waals surface area contributed by atoms with Crippen LogP contribution >= 0.6 is 15.9 Å². The Labute approximate surface area is 83.4 Å². The molecule has 5 heteroatoms. The van der Waals surface area contributed by atoms with Gasteiger partial charge in [-0.05, 0) is 28.1 Å². The van der Waals surface area contributed by atoms with Gasteiger partial charge >= 0.3 is 5.97 Å². The number of aromatic carboxylic acids is 1. The van der Waals surface area contributed by atoms with E-state index in [0.717, 1.165) is 0 Å². The quantitative estimate of drug-likeness (QED) is 0.779.